The number of rotatable bonds is 4. The summed E-state index contributed by atoms with van der Waals surface area (Å²) in [6, 6.07) is 3.25. The van der Waals surface area contributed by atoms with Crippen LogP contribution >= 0.6 is 0 Å². The Morgan fingerprint density at radius 1 is 1.19 bits per heavy atom. The molecule has 1 atom stereocenters. The Morgan fingerprint density at radius 2 is 1.85 bits per heavy atom. The number of benzene rings is 1. The predicted molar refractivity (Wildman–Crippen MR) is 90.6 cm³/mol. The van der Waals surface area contributed by atoms with Gasteiger partial charge in [0.1, 0.15) is 12.6 Å². The number of hydrogen-bond acceptors (Lipinski definition) is 6. The molecule has 1 unspecified atom stereocenters. The first-order chi connectivity index (χ1) is 12.4. The molecular formula is C17H19N3O6. The molecule has 9 nitrogen and oxygen atoms in total. The Labute approximate surface area is 149 Å². The number of carboxylic acids is 1. The van der Waals surface area contributed by atoms with Crippen molar-refractivity contribution in [1.82, 2.24) is 10.2 Å². The highest BCUT2D eigenvalue weighted by Gasteiger charge is 2.44. The number of hydrogen-bond donors (Lipinski definition) is 3. The fraction of sp³-hybridized carbons (Fsp3) is 0.353. The predicted octanol–water partition coefficient (Wildman–Crippen LogP) is 0.611. The molecular weight excluding hydrogens is 342 g/mol. The van der Waals surface area contributed by atoms with Gasteiger partial charge in [-0.25, -0.2) is 0 Å². The van der Waals surface area contributed by atoms with E-state index in [0.717, 1.165) is 4.90 Å². The molecule has 1 saturated heterocycles. The normalized spacial score (nSPS) is 18.7. The van der Waals surface area contributed by atoms with Gasteiger partial charge in [-0.05, 0) is 24.6 Å². The molecule has 2 heterocycles. The van der Waals surface area contributed by atoms with Crippen molar-refractivity contribution in [2.24, 2.45) is 0 Å². The van der Waals surface area contributed by atoms with Gasteiger partial charge in [-0.2, -0.15) is 0 Å². The smallest absolute Gasteiger partial charge is 0.322 e. The fourth-order valence-electron chi connectivity index (χ4n) is 2.76. The minimum atomic E-state index is -1.07. The van der Waals surface area contributed by atoms with E-state index in [0.29, 0.717) is 5.69 Å². The number of nitrogens with one attached hydrogen (secondary N) is 2. The van der Waals surface area contributed by atoms with Crippen LogP contribution in [0.3, 0.4) is 0 Å². The Kier molecular flexibility index (Phi) is 5.71. The van der Waals surface area contributed by atoms with E-state index in [4.69, 9.17) is 5.11 Å². The van der Waals surface area contributed by atoms with Crippen LogP contribution in [-0.2, 0) is 14.4 Å². The second kappa shape index (κ2) is 7.77. The summed E-state index contributed by atoms with van der Waals surface area (Å²) in [6.45, 7) is 3.66. The standard InChI is InChI=1S/C15H13N3O6.C2H6/c19-11-4-3-10(13(22)17-11)18-14(23)8-2-1-7(16-6-12(20)21)5-9(8)15(18)24;1-2/h1-2,5,10,16H,3-4,6H2,(H,20,21)(H,17,19,22);1-2H3. The van der Waals surface area contributed by atoms with Crippen LogP contribution in [0.2, 0.25) is 0 Å². The average molecular weight is 361 g/mol. The first-order valence-corrected chi connectivity index (χ1v) is 8.20. The third-order valence-corrected chi connectivity index (χ3v) is 3.88. The van der Waals surface area contributed by atoms with Gasteiger partial charge in [0, 0.05) is 12.1 Å². The summed E-state index contributed by atoms with van der Waals surface area (Å²) in [4.78, 5) is 59.5. The maximum Gasteiger partial charge on any atom is 0.322 e. The summed E-state index contributed by atoms with van der Waals surface area (Å²) < 4.78 is 0. The van der Waals surface area contributed by atoms with Crippen LogP contribution in [-0.4, -0.2) is 52.2 Å². The number of piperidine rings is 1. The lowest BCUT2D eigenvalue weighted by Gasteiger charge is -2.27. The highest BCUT2D eigenvalue weighted by atomic mass is 16.4. The van der Waals surface area contributed by atoms with E-state index in [2.05, 4.69) is 10.6 Å². The van der Waals surface area contributed by atoms with Gasteiger partial charge < -0.3 is 10.4 Å². The summed E-state index contributed by atoms with van der Waals surface area (Å²) in [6.07, 6.45) is 0.134. The van der Waals surface area contributed by atoms with Gasteiger partial charge in [0.05, 0.1) is 11.1 Å². The zero-order chi connectivity index (χ0) is 19.4. The minimum Gasteiger partial charge on any atom is -0.480 e. The van der Waals surface area contributed by atoms with Crippen molar-refractivity contribution in [3.05, 3.63) is 29.3 Å². The average Bonchev–Trinajstić information content (AvgIpc) is 2.86. The first kappa shape index (κ1) is 19.1. The van der Waals surface area contributed by atoms with Crippen molar-refractivity contribution in [3.63, 3.8) is 0 Å². The highest BCUT2D eigenvalue weighted by molar-refractivity contribution is 6.23. The van der Waals surface area contributed by atoms with E-state index in [1.165, 1.54) is 18.2 Å². The fourth-order valence-corrected chi connectivity index (χ4v) is 2.76. The van der Waals surface area contributed by atoms with Gasteiger partial charge >= 0.3 is 5.97 Å². The molecule has 9 heteroatoms. The van der Waals surface area contributed by atoms with Crippen LogP contribution in [0.4, 0.5) is 5.69 Å². The number of amides is 4. The van der Waals surface area contributed by atoms with E-state index in [1.54, 1.807) is 0 Å². The molecule has 0 saturated carbocycles. The lowest BCUT2D eigenvalue weighted by atomic mass is 10.0. The molecule has 2 aliphatic heterocycles. The number of aliphatic carboxylic acids is 1. The third-order valence-electron chi connectivity index (χ3n) is 3.88. The molecule has 0 bridgehead atoms. The Hall–Kier alpha value is -3.23. The molecule has 26 heavy (non-hydrogen) atoms. The molecule has 0 aromatic heterocycles. The Balaban J connectivity index is 0.00000117. The Bertz CT molecular complexity index is 789. The van der Waals surface area contributed by atoms with Crippen molar-refractivity contribution < 1.29 is 29.1 Å². The zero-order valence-electron chi connectivity index (χ0n) is 14.4. The van der Waals surface area contributed by atoms with E-state index in [1.807, 2.05) is 13.8 Å². The summed E-state index contributed by atoms with van der Waals surface area (Å²) in [5.41, 5.74) is 0.619. The van der Waals surface area contributed by atoms with Gasteiger partial charge in [0.15, 0.2) is 0 Å². The van der Waals surface area contributed by atoms with Gasteiger partial charge in [-0.3, -0.25) is 34.2 Å². The molecule has 0 spiro atoms. The van der Waals surface area contributed by atoms with Gasteiger partial charge in [0.25, 0.3) is 11.8 Å². The molecule has 4 amide bonds. The van der Waals surface area contributed by atoms with Crippen LogP contribution in [0.1, 0.15) is 47.4 Å². The van der Waals surface area contributed by atoms with E-state index in [-0.39, 0.29) is 30.5 Å². The summed E-state index contributed by atoms with van der Waals surface area (Å²) in [5, 5.41) is 13.4. The molecule has 3 rings (SSSR count). The molecule has 1 aromatic carbocycles. The van der Waals surface area contributed by atoms with Crippen molar-refractivity contribution in [2.75, 3.05) is 11.9 Å². The lowest BCUT2D eigenvalue weighted by Crippen LogP contribution is -2.54. The lowest BCUT2D eigenvalue weighted by molar-refractivity contribution is -0.137. The topological polar surface area (TPSA) is 133 Å². The summed E-state index contributed by atoms with van der Waals surface area (Å²) in [7, 11) is 0. The van der Waals surface area contributed by atoms with E-state index >= 15 is 0 Å². The molecule has 1 aromatic rings. The number of carboxylic acid groups (broad SMARTS) is 1. The minimum absolute atomic E-state index is 0.0508. The molecule has 0 radical (unpaired) electrons. The van der Waals surface area contributed by atoms with Crippen molar-refractivity contribution in [1.29, 1.82) is 0 Å². The summed E-state index contributed by atoms with van der Waals surface area (Å²) >= 11 is 0. The monoisotopic (exact) mass is 361 g/mol. The molecule has 3 N–H and O–H groups in total. The van der Waals surface area contributed by atoms with Crippen LogP contribution in [0.5, 0.6) is 0 Å². The van der Waals surface area contributed by atoms with Gasteiger partial charge in [0.2, 0.25) is 11.8 Å². The van der Waals surface area contributed by atoms with E-state index in [9.17, 15) is 24.0 Å². The van der Waals surface area contributed by atoms with Gasteiger partial charge in [-0.15, -0.1) is 0 Å². The number of anilines is 1. The quantitative estimate of drug-likeness (QED) is 0.669. The number of fused-ring (bicyclic) bond motifs is 1. The van der Waals surface area contributed by atoms with Crippen LogP contribution in [0.25, 0.3) is 0 Å². The van der Waals surface area contributed by atoms with E-state index < -0.39 is 35.6 Å². The van der Waals surface area contributed by atoms with Crippen LogP contribution in [0.15, 0.2) is 18.2 Å². The highest BCUT2D eigenvalue weighted by Crippen LogP contribution is 2.29. The SMILES string of the molecule is CC.O=C(O)CNc1ccc2c(c1)C(=O)N(C1CCC(=O)NC1=O)C2=O. The number of carbonyl (C=O) groups is 5. The molecule has 2 aliphatic rings. The first-order valence-electron chi connectivity index (χ1n) is 8.20. The van der Waals surface area contributed by atoms with Crippen molar-refractivity contribution >= 4 is 35.3 Å². The third kappa shape index (κ3) is 3.56. The number of carbonyl (C=O) groups excluding carboxylic acids is 4. The van der Waals surface area contributed by atoms with Crippen LogP contribution < -0.4 is 10.6 Å². The second-order valence-electron chi connectivity index (χ2n) is 5.45. The molecule has 138 valence electrons. The maximum absolute atomic E-state index is 12.5. The number of imide groups is 2. The second-order valence-corrected chi connectivity index (χ2v) is 5.45. The number of nitrogens with zero attached hydrogens (tertiary/aromatic N) is 1. The van der Waals surface area contributed by atoms with Crippen molar-refractivity contribution in [3.8, 4) is 0 Å². The largest absolute Gasteiger partial charge is 0.480 e. The molecule has 1 fully saturated rings. The molecule has 0 aliphatic carbocycles. The zero-order valence-corrected chi connectivity index (χ0v) is 14.4. The van der Waals surface area contributed by atoms with Gasteiger partial charge in [-0.1, -0.05) is 13.8 Å². The van der Waals surface area contributed by atoms with Crippen LogP contribution in [0, 0.1) is 0 Å². The maximum atomic E-state index is 12.5. The van der Waals surface area contributed by atoms with Crippen molar-refractivity contribution in [2.45, 2.75) is 32.7 Å². The summed E-state index contributed by atoms with van der Waals surface area (Å²) in [5.74, 6) is -3.42. The Morgan fingerprint density at radius 3 is 2.46 bits per heavy atom.